The molecule has 0 unspecified atom stereocenters. The van der Waals surface area contributed by atoms with Crippen molar-refractivity contribution in [2.45, 2.75) is 20.8 Å². The van der Waals surface area contributed by atoms with Gasteiger partial charge in [0.05, 0.1) is 5.56 Å². The van der Waals surface area contributed by atoms with Gasteiger partial charge in [-0.2, -0.15) is 0 Å². The number of aryl methyl sites for hydroxylation is 3. The fourth-order valence-electron chi connectivity index (χ4n) is 1.66. The van der Waals surface area contributed by atoms with Crippen LogP contribution in [0, 0.1) is 24.3 Å². The molecule has 0 saturated heterocycles. The number of carbonyl (C=O) groups is 1. The lowest BCUT2D eigenvalue weighted by atomic mass is 10.1. The zero-order chi connectivity index (χ0) is 14.0. The van der Waals surface area contributed by atoms with Gasteiger partial charge in [0.15, 0.2) is 0 Å². The number of carbonyl (C=O) groups excluding carboxylic acids is 1. The van der Waals surface area contributed by atoms with Gasteiger partial charge in [-0.15, -0.1) is 0 Å². The van der Waals surface area contributed by atoms with Gasteiger partial charge in [0.25, 0.3) is 0 Å². The van der Waals surface area contributed by atoms with E-state index in [-0.39, 0.29) is 5.97 Å². The summed E-state index contributed by atoms with van der Waals surface area (Å²) in [7, 11) is 0. The Morgan fingerprint density at radius 1 is 0.947 bits per heavy atom. The zero-order valence-electron chi connectivity index (χ0n) is 11.2. The molecule has 0 atom stereocenters. The van der Waals surface area contributed by atoms with Crippen LogP contribution in [-0.2, 0) is 0 Å². The fourth-order valence-corrected chi connectivity index (χ4v) is 2.18. The number of benzene rings is 2. The van der Waals surface area contributed by atoms with Crippen LogP contribution in [0.1, 0.15) is 27.0 Å². The molecule has 0 radical (unpaired) electrons. The molecule has 0 bridgehead atoms. The van der Waals surface area contributed by atoms with Gasteiger partial charge in [-0.3, -0.25) is 0 Å². The Labute approximate surface area is 126 Å². The highest BCUT2D eigenvalue weighted by molar-refractivity contribution is 14.1. The quantitative estimate of drug-likeness (QED) is 0.446. The van der Waals surface area contributed by atoms with Crippen LogP contribution in [0.2, 0.25) is 0 Å². The summed E-state index contributed by atoms with van der Waals surface area (Å²) < 4.78 is 6.45. The lowest BCUT2D eigenvalue weighted by Gasteiger charge is -2.07. The van der Waals surface area contributed by atoms with Crippen LogP contribution in [0.4, 0.5) is 0 Å². The summed E-state index contributed by atoms with van der Waals surface area (Å²) in [6.45, 7) is 6.05. The monoisotopic (exact) mass is 366 g/mol. The van der Waals surface area contributed by atoms with Gasteiger partial charge in [0.2, 0.25) is 0 Å². The minimum absolute atomic E-state index is 0.318. The van der Waals surface area contributed by atoms with E-state index in [1.807, 2.05) is 51.1 Å². The molecule has 98 valence electrons. The van der Waals surface area contributed by atoms with Crippen LogP contribution in [0.5, 0.6) is 5.75 Å². The summed E-state index contributed by atoms with van der Waals surface area (Å²) in [5.74, 6) is 0.268. The molecule has 0 aliphatic heterocycles. The summed E-state index contributed by atoms with van der Waals surface area (Å²) in [5, 5.41) is 0. The maximum atomic E-state index is 12.0. The Balaban J connectivity index is 2.20. The van der Waals surface area contributed by atoms with Crippen molar-refractivity contribution in [2.24, 2.45) is 0 Å². The van der Waals surface area contributed by atoms with Gasteiger partial charge in [-0.25, -0.2) is 4.79 Å². The molecular formula is C16H15IO2. The average molecular weight is 366 g/mol. The molecule has 2 nitrogen and oxygen atoms in total. The van der Waals surface area contributed by atoms with Crippen molar-refractivity contribution < 1.29 is 9.53 Å². The first-order chi connectivity index (χ1) is 8.97. The van der Waals surface area contributed by atoms with Gasteiger partial charge < -0.3 is 4.74 Å². The van der Waals surface area contributed by atoms with E-state index in [0.717, 1.165) is 14.7 Å². The van der Waals surface area contributed by atoms with E-state index in [2.05, 4.69) is 22.6 Å². The molecule has 0 N–H and O–H groups in total. The van der Waals surface area contributed by atoms with Crippen molar-refractivity contribution in [1.29, 1.82) is 0 Å². The van der Waals surface area contributed by atoms with Crippen LogP contribution in [0.3, 0.4) is 0 Å². The average Bonchev–Trinajstić information content (AvgIpc) is 2.37. The van der Waals surface area contributed by atoms with Crippen molar-refractivity contribution in [1.82, 2.24) is 0 Å². The Kier molecular flexibility index (Phi) is 4.24. The lowest BCUT2D eigenvalue weighted by molar-refractivity contribution is 0.0734. The van der Waals surface area contributed by atoms with Crippen molar-refractivity contribution in [3.63, 3.8) is 0 Å². The second kappa shape index (κ2) is 5.74. The summed E-state index contributed by atoms with van der Waals surface area (Å²) in [6, 6.07) is 11.2. The predicted octanol–water partition coefficient (Wildman–Crippen LogP) is 4.44. The van der Waals surface area contributed by atoms with Crippen molar-refractivity contribution in [3.8, 4) is 5.75 Å². The topological polar surface area (TPSA) is 26.3 Å². The number of halogens is 1. The van der Waals surface area contributed by atoms with Crippen LogP contribution in [0.25, 0.3) is 0 Å². The Morgan fingerprint density at radius 2 is 1.63 bits per heavy atom. The van der Waals surface area contributed by atoms with E-state index in [9.17, 15) is 4.79 Å². The third kappa shape index (κ3) is 3.35. The molecule has 0 aliphatic rings. The normalized spacial score (nSPS) is 10.3. The molecule has 2 aromatic carbocycles. The van der Waals surface area contributed by atoms with E-state index in [1.165, 1.54) is 5.56 Å². The standard InChI is InChI=1S/C16H15IO2/c1-10-5-7-14(8-12(10)3)19-16(18)13-6-4-11(2)15(17)9-13/h4-9H,1-3H3. The first kappa shape index (κ1) is 14.1. The number of esters is 1. The summed E-state index contributed by atoms with van der Waals surface area (Å²) in [4.78, 5) is 12.0. The lowest BCUT2D eigenvalue weighted by Crippen LogP contribution is -2.09. The van der Waals surface area contributed by atoms with Crippen LogP contribution >= 0.6 is 22.6 Å². The molecule has 0 aliphatic carbocycles. The second-order valence-electron chi connectivity index (χ2n) is 4.60. The molecule has 0 fully saturated rings. The van der Waals surface area contributed by atoms with Gasteiger partial charge >= 0.3 is 5.97 Å². The Hall–Kier alpha value is -1.36. The number of ether oxygens (including phenoxy) is 1. The smallest absolute Gasteiger partial charge is 0.343 e. The third-order valence-corrected chi connectivity index (χ3v) is 4.26. The first-order valence-electron chi connectivity index (χ1n) is 6.03. The number of hydrogen-bond donors (Lipinski definition) is 0. The van der Waals surface area contributed by atoms with E-state index >= 15 is 0 Å². The van der Waals surface area contributed by atoms with Crippen molar-refractivity contribution in [2.75, 3.05) is 0 Å². The van der Waals surface area contributed by atoms with Crippen molar-refractivity contribution >= 4 is 28.6 Å². The minimum atomic E-state index is -0.318. The highest BCUT2D eigenvalue weighted by Gasteiger charge is 2.10. The van der Waals surface area contributed by atoms with Gasteiger partial charge in [-0.05, 0) is 84.3 Å². The maximum Gasteiger partial charge on any atom is 0.343 e. The maximum absolute atomic E-state index is 12.0. The second-order valence-corrected chi connectivity index (χ2v) is 5.76. The predicted molar refractivity (Wildman–Crippen MR) is 84.8 cm³/mol. The number of hydrogen-bond acceptors (Lipinski definition) is 2. The van der Waals surface area contributed by atoms with Gasteiger partial charge in [-0.1, -0.05) is 12.1 Å². The van der Waals surface area contributed by atoms with Gasteiger partial charge in [0.1, 0.15) is 5.75 Å². The largest absolute Gasteiger partial charge is 0.423 e. The van der Waals surface area contributed by atoms with Crippen LogP contribution < -0.4 is 4.74 Å². The molecule has 0 heterocycles. The van der Waals surface area contributed by atoms with E-state index < -0.39 is 0 Å². The van der Waals surface area contributed by atoms with Crippen molar-refractivity contribution in [3.05, 3.63) is 62.2 Å². The molecule has 0 saturated carbocycles. The highest BCUT2D eigenvalue weighted by atomic mass is 127. The van der Waals surface area contributed by atoms with Crippen LogP contribution in [-0.4, -0.2) is 5.97 Å². The van der Waals surface area contributed by atoms with Gasteiger partial charge in [0, 0.05) is 3.57 Å². The Morgan fingerprint density at radius 3 is 2.26 bits per heavy atom. The molecule has 19 heavy (non-hydrogen) atoms. The number of rotatable bonds is 2. The van der Waals surface area contributed by atoms with E-state index in [1.54, 1.807) is 6.07 Å². The molecule has 2 aromatic rings. The Bertz CT molecular complexity index is 633. The SMILES string of the molecule is Cc1ccc(OC(=O)c2ccc(C)c(I)c2)cc1C. The molecule has 3 heteroatoms. The minimum Gasteiger partial charge on any atom is -0.423 e. The molecular weight excluding hydrogens is 351 g/mol. The molecule has 0 spiro atoms. The third-order valence-electron chi connectivity index (χ3n) is 3.10. The zero-order valence-corrected chi connectivity index (χ0v) is 13.3. The van der Waals surface area contributed by atoms with Crippen LogP contribution in [0.15, 0.2) is 36.4 Å². The fraction of sp³-hybridized carbons (Fsp3) is 0.188. The molecule has 0 aromatic heterocycles. The molecule has 2 rings (SSSR count). The van der Waals surface area contributed by atoms with E-state index in [0.29, 0.717) is 11.3 Å². The first-order valence-corrected chi connectivity index (χ1v) is 7.11. The summed E-state index contributed by atoms with van der Waals surface area (Å²) in [6.07, 6.45) is 0. The molecule has 0 amide bonds. The highest BCUT2D eigenvalue weighted by Crippen LogP contribution is 2.19. The summed E-state index contributed by atoms with van der Waals surface area (Å²) in [5.41, 5.74) is 4.03. The summed E-state index contributed by atoms with van der Waals surface area (Å²) >= 11 is 2.22. The van der Waals surface area contributed by atoms with E-state index in [4.69, 9.17) is 4.74 Å².